The molecule has 0 heterocycles. The summed E-state index contributed by atoms with van der Waals surface area (Å²) in [6.07, 6.45) is 0. The van der Waals surface area contributed by atoms with E-state index in [1.165, 1.54) is 5.56 Å². The first kappa shape index (κ1) is 9.56. The zero-order chi connectivity index (χ0) is 9.14. The summed E-state index contributed by atoms with van der Waals surface area (Å²) in [6.45, 7) is 4.18. The highest BCUT2D eigenvalue weighted by Crippen LogP contribution is 2.22. The van der Waals surface area contributed by atoms with E-state index >= 15 is 0 Å². The Labute approximate surface area is 78.0 Å². The first-order valence-electron chi connectivity index (χ1n) is 4.02. The van der Waals surface area contributed by atoms with Crippen molar-refractivity contribution >= 4 is 11.6 Å². The average molecular weight is 185 g/mol. The summed E-state index contributed by atoms with van der Waals surface area (Å²) < 4.78 is 0. The number of aliphatic hydroxyl groups excluding tert-OH is 1. The summed E-state index contributed by atoms with van der Waals surface area (Å²) in [7, 11) is 0. The van der Waals surface area contributed by atoms with Gasteiger partial charge in [0.15, 0.2) is 0 Å². The summed E-state index contributed by atoms with van der Waals surface area (Å²) in [5.41, 5.74) is 2.31. The van der Waals surface area contributed by atoms with E-state index in [4.69, 9.17) is 16.7 Å². The molecule has 1 rings (SSSR count). The molecule has 0 aromatic heterocycles. The van der Waals surface area contributed by atoms with Crippen LogP contribution >= 0.6 is 11.6 Å². The molecule has 66 valence electrons. The van der Waals surface area contributed by atoms with Gasteiger partial charge in [-0.25, -0.2) is 0 Å². The van der Waals surface area contributed by atoms with Crippen LogP contribution in [0, 0.1) is 6.92 Å². The largest absolute Gasteiger partial charge is 0.396 e. The fourth-order valence-electron chi connectivity index (χ4n) is 1.24. The van der Waals surface area contributed by atoms with Crippen LogP contribution in [0.4, 0.5) is 0 Å². The Morgan fingerprint density at radius 3 is 2.75 bits per heavy atom. The van der Waals surface area contributed by atoms with Crippen molar-refractivity contribution < 1.29 is 5.11 Å². The molecule has 0 saturated heterocycles. The molecular formula is C10H13ClO. The van der Waals surface area contributed by atoms with E-state index in [9.17, 15) is 0 Å². The number of hydrogen-bond acceptors (Lipinski definition) is 1. The zero-order valence-electron chi connectivity index (χ0n) is 7.34. The normalized spacial score (nSPS) is 13.0. The molecule has 1 aromatic rings. The van der Waals surface area contributed by atoms with Crippen LogP contribution < -0.4 is 0 Å². The maximum Gasteiger partial charge on any atom is 0.0497 e. The number of halogens is 1. The molecule has 0 aliphatic carbocycles. The van der Waals surface area contributed by atoms with Gasteiger partial charge in [0.25, 0.3) is 0 Å². The summed E-state index contributed by atoms with van der Waals surface area (Å²) >= 11 is 5.84. The van der Waals surface area contributed by atoms with Crippen molar-refractivity contribution in [3.05, 3.63) is 34.3 Å². The Balaban J connectivity index is 3.04. The molecule has 0 saturated carbocycles. The lowest BCUT2D eigenvalue weighted by atomic mass is 9.97. The Morgan fingerprint density at radius 1 is 1.50 bits per heavy atom. The first-order valence-corrected chi connectivity index (χ1v) is 4.40. The van der Waals surface area contributed by atoms with Crippen molar-refractivity contribution in [2.45, 2.75) is 19.8 Å². The number of aliphatic hydroxyl groups is 1. The quantitative estimate of drug-likeness (QED) is 0.750. The highest BCUT2D eigenvalue weighted by molar-refractivity contribution is 6.30. The van der Waals surface area contributed by atoms with Crippen LogP contribution in [0.2, 0.25) is 5.02 Å². The molecule has 0 aliphatic heterocycles. The maximum atomic E-state index is 8.96. The summed E-state index contributed by atoms with van der Waals surface area (Å²) in [5.74, 6) is 0.170. The Morgan fingerprint density at radius 2 is 2.17 bits per heavy atom. The van der Waals surface area contributed by atoms with Crippen molar-refractivity contribution in [3.8, 4) is 0 Å². The van der Waals surface area contributed by atoms with Crippen LogP contribution in [-0.2, 0) is 0 Å². The van der Waals surface area contributed by atoms with E-state index in [0.29, 0.717) is 0 Å². The van der Waals surface area contributed by atoms with Gasteiger partial charge in [0.2, 0.25) is 0 Å². The third-order valence-corrected chi connectivity index (χ3v) is 2.28. The van der Waals surface area contributed by atoms with Crippen molar-refractivity contribution in [2.24, 2.45) is 0 Å². The molecule has 1 nitrogen and oxygen atoms in total. The molecule has 0 spiro atoms. The second-order valence-corrected chi connectivity index (χ2v) is 3.52. The number of aryl methyl sites for hydroxylation is 1. The third kappa shape index (κ3) is 1.99. The molecular weight excluding hydrogens is 172 g/mol. The third-order valence-electron chi connectivity index (χ3n) is 2.05. The lowest BCUT2D eigenvalue weighted by molar-refractivity contribution is 0.272. The van der Waals surface area contributed by atoms with Crippen LogP contribution in [0.25, 0.3) is 0 Å². The minimum Gasteiger partial charge on any atom is -0.396 e. The van der Waals surface area contributed by atoms with Crippen molar-refractivity contribution in [1.29, 1.82) is 0 Å². The number of hydrogen-bond donors (Lipinski definition) is 1. The van der Waals surface area contributed by atoms with E-state index < -0.39 is 0 Å². The second-order valence-electron chi connectivity index (χ2n) is 3.08. The van der Waals surface area contributed by atoms with Crippen LogP contribution in [-0.4, -0.2) is 11.7 Å². The zero-order valence-corrected chi connectivity index (χ0v) is 8.10. The molecule has 1 atom stereocenters. The van der Waals surface area contributed by atoms with Crippen molar-refractivity contribution in [2.75, 3.05) is 6.61 Å². The smallest absolute Gasteiger partial charge is 0.0497 e. The van der Waals surface area contributed by atoms with Gasteiger partial charge in [-0.2, -0.15) is 0 Å². The molecule has 12 heavy (non-hydrogen) atoms. The van der Waals surface area contributed by atoms with Gasteiger partial charge in [-0.05, 0) is 30.2 Å². The molecule has 1 unspecified atom stereocenters. The van der Waals surface area contributed by atoms with Crippen LogP contribution in [0.3, 0.4) is 0 Å². The predicted octanol–water partition coefficient (Wildman–Crippen LogP) is 2.74. The topological polar surface area (TPSA) is 20.2 Å². The minimum atomic E-state index is 0.168. The van der Waals surface area contributed by atoms with Crippen molar-refractivity contribution in [1.82, 2.24) is 0 Å². The van der Waals surface area contributed by atoms with Gasteiger partial charge in [-0.3, -0.25) is 0 Å². The van der Waals surface area contributed by atoms with E-state index in [1.807, 2.05) is 32.0 Å². The first-order chi connectivity index (χ1) is 5.65. The monoisotopic (exact) mass is 184 g/mol. The number of benzene rings is 1. The number of rotatable bonds is 2. The minimum absolute atomic E-state index is 0.168. The van der Waals surface area contributed by atoms with Gasteiger partial charge in [-0.15, -0.1) is 0 Å². The summed E-state index contributed by atoms with van der Waals surface area (Å²) in [4.78, 5) is 0. The molecule has 1 N–H and O–H groups in total. The van der Waals surface area contributed by atoms with Gasteiger partial charge < -0.3 is 5.11 Å². The van der Waals surface area contributed by atoms with Crippen molar-refractivity contribution in [3.63, 3.8) is 0 Å². The highest BCUT2D eigenvalue weighted by atomic mass is 35.5. The molecule has 1 aromatic carbocycles. The molecule has 0 bridgehead atoms. The molecule has 2 heteroatoms. The summed E-state index contributed by atoms with van der Waals surface area (Å²) in [5, 5.41) is 9.69. The lowest BCUT2D eigenvalue weighted by Gasteiger charge is -2.11. The maximum absolute atomic E-state index is 8.96. The Hall–Kier alpha value is -0.530. The fraction of sp³-hybridized carbons (Fsp3) is 0.400. The van der Waals surface area contributed by atoms with Gasteiger partial charge in [-0.1, -0.05) is 24.6 Å². The van der Waals surface area contributed by atoms with E-state index in [1.54, 1.807) is 0 Å². The van der Waals surface area contributed by atoms with Gasteiger partial charge in [0, 0.05) is 17.5 Å². The van der Waals surface area contributed by atoms with Gasteiger partial charge in [0.1, 0.15) is 0 Å². The van der Waals surface area contributed by atoms with E-state index in [2.05, 4.69) is 0 Å². The van der Waals surface area contributed by atoms with E-state index in [-0.39, 0.29) is 12.5 Å². The molecule has 0 amide bonds. The fourth-order valence-corrected chi connectivity index (χ4v) is 1.42. The highest BCUT2D eigenvalue weighted by Gasteiger charge is 2.06. The SMILES string of the molecule is Cc1ccc(Cl)cc1C(C)CO. The average Bonchev–Trinajstić information content (AvgIpc) is 2.08. The van der Waals surface area contributed by atoms with Gasteiger partial charge >= 0.3 is 0 Å². The Kier molecular flexibility index (Phi) is 3.12. The standard InChI is InChI=1S/C10H13ClO/c1-7-3-4-9(11)5-10(7)8(2)6-12/h3-5,8,12H,6H2,1-2H3. The molecule has 0 fully saturated rings. The van der Waals surface area contributed by atoms with E-state index in [0.717, 1.165) is 10.6 Å². The molecule has 0 radical (unpaired) electrons. The lowest BCUT2D eigenvalue weighted by Crippen LogP contribution is -2.00. The molecule has 0 aliphatic rings. The van der Waals surface area contributed by atoms with Crippen LogP contribution in [0.15, 0.2) is 18.2 Å². The van der Waals surface area contributed by atoms with Crippen LogP contribution in [0.5, 0.6) is 0 Å². The van der Waals surface area contributed by atoms with Crippen LogP contribution in [0.1, 0.15) is 24.0 Å². The Bertz CT molecular complexity index is 271. The summed E-state index contributed by atoms with van der Waals surface area (Å²) in [6, 6.07) is 5.76. The van der Waals surface area contributed by atoms with Gasteiger partial charge in [0.05, 0.1) is 0 Å². The predicted molar refractivity (Wildman–Crippen MR) is 51.7 cm³/mol. The second kappa shape index (κ2) is 3.92.